The molecule has 12 heavy (non-hydrogen) atoms. The van der Waals surface area contributed by atoms with E-state index in [4.69, 9.17) is 23.2 Å². The lowest BCUT2D eigenvalue weighted by atomic mass is 10.3. The largest absolute Gasteiger partial charge is 0.340 e. The molecule has 1 atom stereocenters. The second kappa shape index (κ2) is 4.12. The average molecular weight is 208 g/mol. The van der Waals surface area contributed by atoms with Gasteiger partial charge < -0.3 is 5.32 Å². The van der Waals surface area contributed by atoms with Crippen LogP contribution in [0.15, 0.2) is 16.2 Å². The fraction of sp³-hybridized carbons (Fsp3) is 0.571. The highest BCUT2D eigenvalue weighted by atomic mass is 35.5. The number of nitrogens with one attached hydrogen (secondary N) is 2. The lowest BCUT2D eigenvalue weighted by molar-refractivity contribution is 0.495. The van der Waals surface area contributed by atoms with Crippen molar-refractivity contribution in [3.8, 4) is 0 Å². The molecule has 0 aliphatic carbocycles. The average Bonchev–Trinajstić information content (AvgIpc) is 1.96. The summed E-state index contributed by atoms with van der Waals surface area (Å²) in [4.78, 5) is 3.81. The minimum absolute atomic E-state index is 0.114. The second-order valence-electron chi connectivity index (χ2n) is 2.83. The molecule has 68 valence electrons. The Morgan fingerprint density at radius 1 is 1.58 bits per heavy atom. The molecule has 1 rings (SSSR count). The molecule has 1 heterocycles. The number of halogens is 2. The van der Waals surface area contributed by atoms with Gasteiger partial charge in [-0.3, -0.25) is 5.32 Å². The summed E-state index contributed by atoms with van der Waals surface area (Å²) in [6, 6.07) is 0.340. The summed E-state index contributed by atoms with van der Waals surface area (Å²) >= 11 is 11.5. The van der Waals surface area contributed by atoms with Crippen molar-refractivity contribution in [2.75, 3.05) is 0 Å². The molecule has 3 nitrogen and oxygen atoms in total. The SMILES string of the molecule is CC(C)NC1NC(Cl)=NC=C1Cl. The van der Waals surface area contributed by atoms with Crippen molar-refractivity contribution in [3.63, 3.8) is 0 Å². The number of amidine groups is 1. The van der Waals surface area contributed by atoms with Gasteiger partial charge in [-0.1, -0.05) is 11.6 Å². The van der Waals surface area contributed by atoms with Crippen molar-refractivity contribution < 1.29 is 0 Å². The van der Waals surface area contributed by atoms with Crippen LogP contribution in [-0.4, -0.2) is 17.5 Å². The van der Waals surface area contributed by atoms with Gasteiger partial charge >= 0.3 is 0 Å². The third-order valence-electron chi connectivity index (χ3n) is 1.34. The molecule has 0 spiro atoms. The highest BCUT2D eigenvalue weighted by molar-refractivity contribution is 6.65. The first kappa shape index (κ1) is 9.84. The van der Waals surface area contributed by atoms with E-state index in [1.807, 2.05) is 13.8 Å². The van der Waals surface area contributed by atoms with Gasteiger partial charge in [-0.05, 0) is 25.4 Å². The predicted octanol–water partition coefficient (Wildman–Crippen LogP) is 1.59. The summed E-state index contributed by atoms with van der Waals surface area (Å²) in [5.74, 6) is 0. The molecule has 0 radical (unpaired) electrons. The van der Waals surface area contributed by atoms with Crippen molar-refractivity contribution in [1.82, 2.24) is 10.6 Å². The van der Waals surface area contributed by atoms with Crippen molar-refractivity contribution in [2.24, 2.45) is 4.99 Å². The van der Waals surface area contributed by atoms with Gasteiger partial charge in [-0.2, -0.15) is 0 Å². The fourth-order valence-electron chi connectivity index (χ4n) is 0.873. The minimum Gasteiger partial charge on any atom is -0.340 e. The van der Waals surface area contributed by atoms with E-state index in [2.05, 4.69) is 15.6 Å². The Labute approximate surface area is 81.8 Å². The first-order chi connectivity index (χ1) is 5.59. The third-order valence-corrected chi connectivity index (χ3v) is 1.86. The van der Waals surface area contributed by atoms with Crippen molar-refractivity contribution in [3.05, 3.63) is 11.2 Å². The van der Waals surface area contributed by atoms with Crippen LogP contribution in [0, 0.1) is 0 Å². The van der Waals surface area contributed by atoms with Crippen LogP contribution in [0.5, 0.6) is 0 Å². The number of hydrogen-bond donors (Lipinski definition) is 2. The zero-order valence-corrected chi connectivity index (χ0v) is 8.45. The van der Waals surface area contributed by atoms with Crippen LogP contribution in [-0.2, 0) is 0 Å². The highest BCUT2D eigenvalue weighted by Crippen LogP contribution is 2.11. The molecule has 0 bridgehead atoms. The van der Waals surface area contributed by atoms with E-state index in [-0.39, 0.29) is 6.17 Å². The van der Waals surface area contributed by atoms with Gasteiger partial charge in [0.15, 0.2) is 5.29 Å². The molecule has 0 saturated heterocycles. The smallest absolute Gasteiger partial charge is 0.197 e. The Balaban J connectivity index is 2.58. The van der Waals surface area contributed by atoms with Crippen LogP contribution in [0.1, 0.15) is 13.8 Å². The number of hydrogen-bond acceptors (Lipinski definition) is 3. The summed E-state index contributed by atoms with van der Waals surface area (Å²) in [7, 11) is 0. The molecular weight excluding hydrogens is 197 g/mol. The first-order valence-corrected chi connectivity index (χ1v) is 4.46. The molecule has 1 aliphatic heterocycles. The maximum Gasteiger partial charge on any atom is 0.197 e. The quantitative estimate of drug-likeness (QED) is 0.676. The summed E-state index contributed by atoms with van der Waals surface area (Å²) in [6.45, 7) is 4.07. The summed E-state index contributed by atoms with van der Waals surface area (Å²) in [5, 5.41) is 7.06. The summed E-state index contributed by atoms with van der Waals surface area (Å²) in [5.41, 5.74) is 0. The molecule has 2 N–H and O–H groups in total. The maximum absolute atomic E-state index is 5.86. The Morgan fingerprint density at radius 3 is 2.83 bits per heavy atom. The van der Waals surface area contributed by atoms with Gasteiger partial charge in [0.1, 0.15) is 6.17 Å². The molecule has 0 saturated carbocycles. The fourth-order valence-corrected chi connectivity index (χ4v) is 1.20. The molecule has 0 aromatic rings. The van der Waals surface area contributed by atoms with Crippen molar-refractivity contribution >= 4 is 28.5 Å². The summed E-state index contributed by atoms with van der Waals surface area (Å²) < 4.78 is 0. The van der Waals surface area contributed by atoms with Gasteiger partial charge in [0, 0.05) is 12.2 Å². The Bertz CT molecular complexity index is 223. The van der Waals surface area contributed by atoms with Crippen molar-refractivity contribution in [1.29, 1.82) is 0 Å². The Hall–Kier alpha value is -0.250. The monoisotopic (exact) mass is 207 g/mol. The molecule has 0 amide bonds. The first-order valence-electron chi connectivity index (χ1n) is 3.71. The van der Waals surface area contributed by atoms with Gasteiger partial charge in [0.05, 0.1) is 5.03 Å². The Kier molecular flexibility index (Phi) is 3.38. The van der Waals surface area contributed by atoms with E-state index in [1.54, 1.807) is 6.20 Å². The topological polar surface area (TPSA) is 36.4 Å². The van der Waals surface area contributed by atoms with E-state index in [1.165, 1.54) is 0 Å². The normalized spacial score (nSPS) is 23.2. The lowest BCUT2D eigenvalue weighted by Crippen LogP contribution is -2.48. The van der Waals surface area contributed by atoms with Crippen molar-refractivity contribution in [2.45, 2.75) is 26.1 Å². The number of aliphatic imine (C=N–C) groups is 1. The van der Waals surface area contributed by atoms with Gasteiger partial charge in [0.25, 0.3) is 0 Å². The van der Waals surface area contributed by atoms with Crippen LogP contribution < -0.4 is 10.6 Å². The van der Waals surface area contributed by atoms with Gasteiger partial charge in [-0.25, -0.2) is 4.99 Å². The standard InChI is InChI=1S/C7H11Cl2N3/c1-4(2)11-6-5(8)3-10-7(9)12-6/h3-4,6,11H,1-2H3,(H,10,12). The van der Waals surface area contributed by atoms with Gasteiger partial charge in [0.2, 0.25) is 0 Å². The highest BCUT2D eigenvalue weighted by Gasteiger charge is 2.17. The Morgan fingerprint density at radius 2 is 2.25 bits per heavy atom. The number of nitrogens with zero attached hydrogens (tertiary/aromatic N) is 1. The van der Waals surface area contributed by atoms with E-state index in [0.29, 0.717) is 16.4 Å². The van der Waals surface area contributed by atoms with E-state index < -0.39 is 0 Å². The lowest BCUT2D eigenvalue weighted by Gasteiger charge is -2.23. The zero-order valence-electron chi connectivity index (χ0n) is 6.94. The van der Waals surface area contributed by atoms with Crippen LogP contribution >= 0.6 is 23.2 Å². The minimum atomic E-state index is -0.114. The van der Waals surface area contributed by atoms with Gasteiger partial charge in [-0.15, -0.1) is 0 Å². The molecule has 1 aliphatic rings. The molecular formula is C7H11Cl2N3. The third kappa shape index (κ3) is 2.66. The molecule has 5 heteroatoms. The van der Waals surface area contributed by atoms with E-state index in [9.17, 15) is 0 Å². The van der Waals surface area contributed by atoms with Crippen LogP contribution in [0.2, 0.25) is 0 Å². The molecule has 0 fully saturated rings. The maximum atomic E-state index is 5.86. The second-order valence-corrected chi connectivity index (χ2v) is 3.63. The van der Waals surface area contributed by atoms with E-state index in [0.717, 1.165) is 0 Å². The van der Waals surface area contributed by atoms with E-state index >= 15 is 0 Å². The van der Waals surface area contributed by atoms with Crippen LogP contribution in [0.25, 0.3) is 0 Å². The van der Waals surface area contributed by atoms with Crippen LogP contribution in [0.4, 0.5) is 0 Å². The molecule has 0 aromatic heterocycles. The molecule has 0 aromatic carbocycles. The number of rotatable bonds is 2. The molecule has 1 unspecified atom stereocenters. The predicted molar refractivity (Wildman–Crippen MR) is 52.4 cm³/mol. The summed E-state index contributed by atoms with van der Waals surface area (Å²) in [6.07, 6.45) is 1.43. The van der Waals surface area contributed by atoms with Crippen LogP contribution in [0.3, 0.4) is 0 Å². The zero-order chi connectivity index (χ0) is 9.14.